The van der Waals surface area contributed by atoms with Gasteiger partial charge < -0.3 is 15.6 Å². The number of amides is 1. The van der Waals surface area contributed by atoms with E-state index >= 15 is 0 Å². The molecular weight excluding hydrogens is 276 g/mol. The van der Waals surface area contributed by atoms with E-state index in [1.807, 2.05) is 13.0 Å². The maximum atomic E-state index is 12.2. The highest BCUT2D eigenvalue weighted by Crippen LogP contribution is 2.34. The Morgan fingerprint density at radius 2 is 2.30 bits per heavy atom. The van der Waals surface area contributed by atoms with E-state index in [9.17, 15) is 4.79 Å². The van der Waals surface area contributed by atoms with Crippen LogP contribution in [0, 0.1) is 6.92 Å². The number of aryl methyl sites for hydroxylation is 1. The molecule has 0 atom stereocenters. The first-order valence-corrected chi connectivity index (χ1v) is 6.80. The van der Waals surface area contributed by atoms with Crippen molar-refractivity contribution in [3.8, 4) is 0 Å². The van der Waals surface area contributed by atoms with Crippen molar-refractivity contribution in [1.82, 2.24) is 15.5 Å². The van der Waals surface area contributed by atoms with Crippen molar-refractivity contribution in [3.63, 3.8) is 0 Å². The Hall–Kier alpha value is -2.41. The van der Waals surface area contributed by atoms with Crippen LogP contribution in [0.25, 0.3) is 10.2 Å². The summed E-state index contributed by atoms with van der Waals surface area (Å²) in [5.41, 5.74) is 7.55. The zero-order valence-corrected chi connectivity index (χ0v) is 11.5. The predicted octanol–water partition coefficient (Wildman–Crippen LogP) is 2.10. The molecule has 3 aromatic heterocycles. The summed E-state index contributed by atoms with van der Waals surface area (Å²) in [4.78, 5) is 17.7. The molecule has 0 spiro atoms. The highest BCUT2D eigenvalue weighted by molar-refractivity contribution is 7.21. The van der Waals surface area contributed by atoms with Gasteiger partial charge in [0.15, 0.2) is 5.76 Å². The van der Waals surface area contributed by atoms with Crippen LogP contribution >= 0.6 is 11.3 Å². The van der Waals surface area contributed by atoms with Gasteiger partial charge in [0.05, 0.1) is 18.4 Å². The zero-order chi connectivity index (χ0) is 14.1. The second-order valence-electron chi connectivity index (χ2n) is 4.31. The summed E-state index contributed by atoms with van der Waals surface area (Å²) in [5, 5.41) is 7.18. The minimum atomic E-state index is -0.235. The molecule has 0 saturated heterocycles. The van der Waals surface area contributed by atoms with Gasteiger partial charge in [-0.1, -0.05) is 5.16 Å². The van der Waals surface area contributed by atoms with Crippen molar-refractivity contribution in [2.75, 3.05) is 5.73 Å². The first kappa shape index (κ1) is 12.6. The van der Waals surface area contributed by atoms with E-state index in [1.54, 1.807) is 12.3 Å². The fourth-order valence-corrected chi connectivity index (χ4v) is 3.01. The molecule has 0 aromatic carbocycles. The third-order valence-corrected chi connectivity index (χ3v) is 4.07. The van der Waals surface area contributed by atoms with Crippen molar-refractivity contribution in [2.24, 2.45) is 0 Å². The number of rotatable bonds is 3. The number of thiophene rings is 1. The molecule has 0 fully saturated rings. The molecule has 0 aliphatic heterocycles. The van der Waals surface area contributed by atoms with Crippen molar-refractivity contribution >= 4 is 33.1 Å². The fourth-order valence-electron chi connectivity index (χ4n) is 1.95. The van der Waals surface area contributed by atoms with E-state index in [4.69, 9.17) is 10.3 Å². The van der Waals surface area contributed by atoms with E-state index in [2.05, 4.69) is 15.5 Å². The topological polar surface area (TPSA) is 94.0 Å². The lowest BCUT2D eigenvalue weighted by atomic mass is 10.2. The summed E-state index contributed by atoms with van der Waals surface area (Å²) in [6, 6.07) is 3.57. The largest absolute Gasteiger partial charge is 0.397 e. The number of nitrogens with two attached hydrogens (primary N) is 1. The van der Waals surface area contributed by atoms with Crippen molar-refractivity contribution in [2.45, 2.75) is 13.5 Å². The van der Waals surface area contributed by atoms with Crippen LogP contribution in [-0.2, 0) is 6.54 Å². The van der Waals surface area contributed by atoms with Crippen molar-refractivity contribution < 1.29 is 9.32 Å². The average Bonchev–Trinajstić information content (AvgIpc) is 3.05. The predicted molar refractivity (Wildman–Crippen MR) is 76.4 cm³/mol. The summed E-state index contributed by atoms with van der Waals surface area (Å²) >= 11 is 1.29. The van der Waals surface area contributed by atoms with Gasteiger partial charge in [0.2, 0.25) is 0 Å². The summed E-state index contributed by atoms with van der Waals surface area (Å²) in [7, 11) is 0. The molecule has 6 nitrogen and oxygen atoms in total. The van der Waals surface area contributed by atoms with Crippen LogP contribution in [0.2, 0.25) is 0 Å². The minimum Gasteiger partial charge on any atom is -0.397 e. The quantitative estimate of drug-likeness (QED) is 0.769. The van der Waals surface area contributed by atoms with E-state index < -0.39 is 0 Å². The standard InChI is InChI=1S/C13H12N4O2S/c1-7-2-4-15-13-9(7)10(14)11(20-13)12(18)16-6-8-3-5-17-19-8/h2-5H,6,14H2,1H3,(H,16,18). The molecule has 102 valence electrons. The number of anilines is 1. The maximum absolute atomic E-state index is 12.2. The minimum absolute atomic E-state index is 0.235. The Morgan fingerprint density at radius 3 is 3.00 bits per heavy atom. The number of nitrogen functional groups attached to an aromatic ring is 1. The molecule has 0 aliphatic rings. The fraction of sp³-hybridized carbons (Fsp3) is 0.154. The van der Waals surface area contributed by atoms with E-state index in [1.165, 1.54) is 17.5 Å². The van der Waals surface area contributed by atoms with Gasteiger partial charge in [-0.05, 0) is 18.6 Å². The Balaban J connectivity index is 1.88. The Bertz CT molecular complexity index is 764. The summed E-state index contributed by atoms with van der Waals surface area (Å²) in [6.07, 6.45) is 3.24. The lowest BCUT2D eigenvalue weighted by molar-refractivity contribution is 0.0952. The number of hydrogen-bond acceptors (Lipinski definition) is 6. The average molecular weight is 288 g/mol. The van der Waals surface area contributed by atoms with Crippen LogP contribution < -0.4 is 11.1 Å². The number of nitrogens with one attached hydrogen (secondary N) is 1. The molecule has 7 heteroatoms. The molecule has 3 N–H and O–H groups in total. The Morgan fingerprint density at radius 1 is 1.45 bits per heavy atom. The highest BCUT2D eigenvalue weighted by atomic mass is 32.1. The van der Waals surface area contributed by atoms with Crippen molar-refractivity contribution in [3.05, 3.63) is 40.7 Å². The monoisotopic (exact) mass is 288 g/mol. The first-order chi connectivity index (χ1) is 9.66. The van der Waals surface area contributed by atoms with Crippen LogP contribution in [0.1, 0.15) is 21.0 Å². The maximum Gasteiger partial charge on any atom is 0.263 e. The smallest absolute Gasteiger partial charge is 0.263 e. The summed E-state index contributed by atoms with van der Waals surface area (Å²) < 4.78 is 4.92. The lowest BCUT2D eigenvalue weighted by Gasteiger charge is -2.01. The number of pyridine rings is 1. The van der Waals surface area contributed by atoms with Crippen molar-refractivity contribution in [1.29, 1.82) is 0 Å². The number of hydrogen-bond donors (Lipinski definition) is 2. The number of carbonyl (C=O) groups excluding carboxylic acids is 1. The van der Waals surface area contributed by atoms with Gasteiger partial charge in [-0.3, -0.25) is 4.79 Å². The van der Waals surface area contributed by atoms with Crippen LogP contribution in [0.15, 0.2) is 29.0 Å². The molecule has 0 aliphatic carbocycles. The second kappa shape index (κ2) is 4.93. The number of fused-ring (bicyclic) bond motifs is 1. The Labute approximate surface area is 118 Å². The van der Waals surface area contributed by atoms with Gasteiger partial charge >= 0.3 is 0 Å². The van der Waals surface area contributed by atoms with Gasteiger partial charge in [-0.25, -0.2) is 4.98 Å². The summed E-state index contributed by atoms with van der Waals surface area (Å²) in [5.74, 6) is 0.355. The summed E-state index contributed by atoms with van der Waals surface area (Å²) in [6.45, 7) is 2.22. The number of carbonyl (C=O) groups is 1. The molecule has 0 radical (unpaired) electrons. The van der Waals surface area contributed by atoms with Crippen LogP contribution in [-0.4, -0.2) is 16.0 Å². The molecule has 3 rings (SSSR count). The van der Waals surface area contributed by atoms with Crippen LogP contribution in [0.4, 0.5) is 5.69 Å². The van der Waals surface area contributed by atoms with Crippen LogP contribution in [0.3, 0.4) is 0 Å². The van der Waals surface area contributed by atoms with Crippen LogP contribution in [0.5, 0.6) is 0 Å². The number of nitrogens with zero attached hydrogens (tertiary/aromatic N) is 2. The zero-order valence-electron chi connectivity index (χ0n) is 10.7. The molecule has 3 heterocycles. The molecular formula is C13H12N4O2S. The van der Waals surface area contributed by atoms with Gasteiger partial charge in [0.25, 0.3) is 5.91 Å². The molecule has 0 bridgehead atoms. The van der Waals surface area contributed by atoms with E-state index in [-0.39, 0.29) is 12.5 Å². The lowest BCUT2D eigenvalue weighted by Crippen LogP contribution is -2.22. The van der Waals surface area contributed by atoms with Gasteiger partial charge in [0.1, 0.15) is 9.71 Å². The molecule has 0 unspecified atom stereocenters. The van der Waals surface area contributed by atoms with Gasteiger partial charge in [0, 0.05) is 17.6 Å². The highest BCUT2D eigenvalue weighted by Gasteiger charge is 2.18. The molecule has 1 amide bonds. The normalized spacial score (nSPS) is 10.8. The third-order valence-electron chi connectivity index (χ3n) is 2.96. The second-order valence-corrected chi connectivity index (χ2v) is 5.31. The number of aromatic nitrogens is 2. The molecule has 3 aromatic rings. The third kappa shape index (κ3) is 2.12. The first-order valence-electron chi connectivity index (χ1n) is 5.98. The van der Waals surface area contributed by atoms with E-state index in [0.717, 1.165) is 15.8 Å². The molecule has 20 heavy (non-hydrogen) atoms. The van der Waals surface area contributed by atoms with Gasteiger partial charge in [-0.2, -0.15) is 0 Å². The Kier molecular flexibility index (Phi) is 3.11. The molecule has 0 saturated carbocycles. The van der Waals surface area contributed by atoms with E-state index in [0.29, 0.717) is 16.3 Å². The SMILES string of the molecule is Cc1ccnc2sc(C(=O)NCc3ccno3)c(N)c12. The van der Waals surface area contributed by atoms with Gasteiger partial charge in [-0.15, -0.1) is 11.3 Å².